The first kappa shape index (κ1) is 14.9. The van der Waals surface area contributed by atoms with Gasteiger partial charge in [0, 0.05) is 10.5 Å². The summed E-state index contributed by atoms with van der Waals surface area (Å²) >= 11 is 3.54. The molecule has 1 fully saturated rings. The first-order valence-electron chi connectivity index (χ1n) is 7.30. The van der Waals surface area contributed by atoms with Crippen LogP contribution in [0, 0.1) is 5.92 Å². The largest absolute Gasteiger partial charge is 0.496 e. The number of rotatable bonds is 8. The number of hydrogen-bond acceptors (Lipinski definition) is 2. The maximum Gasteiger partial charge on any atom is 0.122 e. The van der Waals surface area contributed by atoms with Crippen LogP contribution in [0.2, 0.25) is 0 Å². The quantitative estimate of drug-likeness (QED) is 0.774. The SMILES string of the molecule is CCNC(CCCc1cc(Br)ccc1OC)C1CC1. The fourth-order valence-electron chi connectivity index (χ4n) is 2.72. The third-order valence-corrected chi connectivity index (χ3v) is 4.35. The van der Waals surface area contributed by atoms with E-state index in [2.05, 4.69) is 34.2 Å². The van der Waals surface area contributed by atoms with Gasteiger partial charge in [-0.05, 0) is 68.3 Å². The molecule has 0 saturated heterocycles. The van der Waals surface area contributed by atoms with E-state index < -0.39 is 0 Å². The maximum absolute atomic E-state index is 5.43. The van der Waals surface area contributed by atoms with Crippen LogP contribution in [0.15, 0.2) is 22.7 Å². The van der Waals surface area contributed by atoms with E-state index in [0.717, 1.165) is 35.1 Å². The summed E-state index contributed by atoms with van der Waals surface area (Å²) in [6.07, 6.45) is 6.42. The Bertz CT molecular complexity index is 404. The van der Waals surface area contributed by atoms with E-state index in [-0.39, 0.29) is 0 Å². The summed E-state index contributed by atoms with van der Waals surface area (Å²) < 4.78 is 6.56. The number of ether oxygens (including phenoxy) is 1. The van der Waals surface area contributed by atoms with Crippen LogP contribution >= 0.6 is 15.9 Å². The van der Waals surface area contributed by atoms with Crippen LogP contribution in [0.3, 0.4) is 0 Å². The maximum atomic E-state index is 5.43. The Balaban J connectivity index is 1.85. The Hall–Kier alpha value is -0.540. The van der Waals surface area contributed by atoms with Crippen LogP contribution in [-0.2, 0) is 6.42 Å². The molecule has 0 aromatic heterocycles. The zero-order valence-corrected chi connectivity index (χ0v) is 13.5. The van der Waals surface area contributed by atoms with Crippen molar-refractivity contribution in [1.82, 2.24) is 5.32 Å². The molecule has 19 heavy (non-hydrogen) atoms. The number of methoxy groups -OCH3 is 1. The van der Waals surface area contributed by atoms with Gasteiger partial charge in [-0.2, -0.15) is 0 Å². The van der Waals surface area contributed by atoms with Crippen molar-refractivity contribution in [1.29, 1.82) is 0 Å². The molecule has 2 rings (SSSR count). The van der Waals surface area contributed by atoms with Gasteiger partial charge < -0.3 is 10.1 Å². The van der Waals surface area contributed by atoms with Gasteiger partial charge in [-0.25, -0.2) is 0 Å². The molecule has 1 unspecified atom stereocenters. The van der Waals surface area contributed by atoms with Crippen LogP contribution in [0.5, 0.6) is 5.75 Å². The Morgan fingerprint density at radius 1 is 1.42 bits per heavy atom. The Morgan fingerprint density at radius 2 is 2.21 bits per heavy atom. The fraction of sp³-hybridized carbons (Fsp3) is 0.625. The molecule has 1 aromatic rings. The van der Waals surface area contributed by atoms with Crippen molar-refractivity contribution >= 4 is 15.9 Å². The van der Waals surface area contributed by atoms with Gasteiger partial charge in [-0.3, -0.25) is 0 Å². The third kappa shape index (κ3) is 4.50. The van der Waals surface area contributed by atoms with E-state index in [1.165, 1.54) is 31.2 Å². The summed E-state index contributed by atoms with van der Waals surface area (Å²) in [7, 11) is 1.75. The second kappa shape index (κ2) is 7.30. The van der Waals surface area contributed by atoms with Crippen molar-refractivity contribution < 1.29 is 4.74 Å². The summed E-state index contributed by atoms with van der Waals surface area (Å²) in [4.78, 5) is 0. The average Bonchev–Trinajstić information content (AvgIpc) is 3.22. The molecule has 106 valence electrons. The van der Waals surface area contributed by atoms with E-state index in [4.69, 9.17) is 4.74 Å². The lowest BCUT2D eigenvalue weighted by Gasteiger charge is -2.17. The van der Waals surface area contributed by atoms with Crippen molar-refractivity contribution in [3.05, 3.63) is 28.2 Å². The molecule has 1 saturated carbocycles. The standard InChI is InChI=1S/C16H24BrNO/c1-3-18-15(12-7-8-12)6-4-5-13-11-14(17)9-10-16(13)19-2/h9-12,15,18H,3-8H2,1-2H3. The van der Waals surface area contributed by atoms with Gasteiger partial charge in [0.25, 0.3) is 0 Å². The summed E-state index contributed by atoms with van der Waals surface area (Å²) in [5.41, 5.74) is 1.31. The van der Waals surface area contributed by atoms with Crippen molar-refractivity contribution in [2.45, 2.75) is 45.1 Å². The van der Waals surface area contributed by atoms with Crippen molar-refractivity contribution in [3.63, 3.8) is 0 Å². The normalized spacial score (nSPS) is 16.4. The van der Waals surface area contributed by atoms with E-state index in [1.54, 1.807) is 7.11 Å². The Morgan fingerprint density at radius 3 is 2.84 bits per heavy atom. The second-order valence-corrected chi connectivity index (χ2v) is 6.27. The van der Waals surface area contributed by atoms with Crippen LogP contribution in [0.1, 0.15) is 38.2 Å². The minimum absolute atomic E-state index is 0.725. The van der Waals surface area contributed by atoms with Gasteiger partial charge in [-0.1, -0.05) is 22.9 Å². The highest BCUT2D eigenvalue weighted by Crippen LogP contribution is 2.35. The summed E-state index contributed by atoms with van der Waals surface area (Å²) in [5, 5.41) is 3.63. The molecule has 1 N–H and O–H groups in total. The Labute approximate surface area is 125 Å². The number of benzene rings is 1. The lowest BCUT2D eigenvalue weighted by atomic mass is 10.0. The van der Waals surface area contributed by atoms with Crippen LogP contribution < -0.4 is 10.1 Å². The second-order valence-electron chi connectivity index (χ2n) is 5.35. The van der Waals surface area contributed by atoms with E-state index in [1.807, 2.05) is 12.1 Å². The molecule has 0 bridgehead atoms. The molecule has 1 aromatic carbocycles. The van der Waals surface area contributed by atoms with Gasteiger partial charge in [0.2, 0.25) is 0 Å². The van der Waals surface area contributed by atoms with E-state index >= 15 is 0 Å². The molecule has 0 radical (unpaired) electrons. The zero-order valence-electron chi connectivity index (χ0n) is 11.9. The molecule has 1 aliphatic carbocycles. The predicted molar refractivity (Wildman–Crippen MR) is 83.8 cm³/mol. The molecule has 2 nitrogen and oxygen atoms in total. The first-order valence-corrected chi connectivity index (χ1v) is 8.09. The summed E-state index contributed by atoms with van der Waals surface area (Å²) in [5.74, 6) is 1.94. The third-order valence-electron chi connectivity index (χ3n) is 3.86. The summed E-state index contributed by atoms with van der Waals surface area (Å²) in [6, 6.07) is 6.98. The number of hydrogen-bond donors (Lipinski definition) is 1. The number of nitrogens with one attached hydrogen (secondary N) is 1. The van der Waals surface area contributed by atoms with Crippen LogP contribution in [-0.4, -0.2) is 19.7 Å². The molecule has 0 aliphatic heterocycles. The molecule has 0 spiro atoms. The topological polar surface area (TPSA) is 21.3 Å². The fourth-order valence-corrected chi connectivity index (χ4v) is 3.13. The highest BCUT2D eigenvalue weighted by molar-refractivity contribution is 9.10. The molecule has 3 heteroatoms. The van der Waals surface area contributed by atoms with Crippen molar-refractivity contribution in [3.8, 4) is 5.75 Å². The molecular formula is C16H24BrNO. The van der Waals surface area contributed by atoms with Crippen molar-refractivity contribution in [2.75, 3.05) is 13.7 Å². The minimum Gasteiger partial charge on any atom is -0.496 e. The van der Waals surface area contributed by atoms with Crippen LogP contribution in [0.25, 0.3) is 0 Å². The van der Waals surface area contributed by atoms with Gasteiger partial charge in [0.1, 0.15) is 5.75 Å². The molecule has 0 amide bonds. The smallest absolute Gasteiger partial charge is 0.122 e. The molecule has 0 heterocycles. The van der Waals surface area contributed by atoms with Gasteiger partial charge in [0.05, 0.1) is 7.11 Å². The highest BCUT2D eigenvalue weighted by atomic mass is 79.9. The van der Waals surface area contributed by atoms with Gasteiger partial charge >= 0.3 is 0 Å². The average molecular weight is 326 g/mol. The van der Waals surface area contributed by atoms with Crippen molar-refractivity contribution in [2.24, 2.45) is 5.92 Å². The highest BCUT2D eigenvalue weighted by Gasteiger charge is 2.29. The van der Waals surface area contributed by atoms with E-state index in [0.29, 0.717) is 0 Å². The molecule has 1 atom stereocenters. The minimum atomic E-state index is 0.725. The van der Waals surface area contributed by atoms with Crippen LogP contribution in [0.4, 0.5) is 0 Å². The lowest BCUT2D eigenvalue weighted by molar-refractivity contribution is 0.404. The Kier molecular flexibility index (Phi) is 5.71. The first-order chi connectivity index (χ1) is 9.24. The zero-order chi connectivity index (χ0) is 13.7. The lowest BCUT2D eigenvalue weighted by Crippen LogP contribution is -2.30. The predicted octanol–water partition coefficient (Wildman–Crippen LogP) is 4.17. The van der Waals surface area contributed by atoms with Gasteiger partial charge in [-0.15, -0.1) is 0 Å². The number of aryl methyl sites for hydroxylation is 1. The van der Waals surface area contributed by atoms with Gasteiger partial charge in [0.15, 0.2) is 0 Å². The molecular weight excluding hydrogens is 302 g/mol. The monoisotopic (exact) mass is 325 g/mol. The molecule has 1 aliphatic rings. The van der Waals surface area contributed by atoms with E-state index in [9.17, 15) is 0 Å². The summed E-state index contributed by atoms with van der Waals surface area (Å²) in [6.45, 7) is 3.29. The number of halogens is 1.